The normalized spacial score (nSPS) is 14.0. The Balaban J connectivity index is 0.000000140. The van der Waals surface area contributed by atoms with Gasteiger partial charge in [0.05, 0.1) is 102 Å². The Kier molecular flexibility index (Phi) is 31.8. The van der Waals surface area contributed by atoms with E-state index in [-0.39, 0.29) is 99.8 Å². The summed E-state index contributed by atoms with van der Waals surface area (Å²) in [5, 5.41) is 8.75. The summed E-state index contributed by atoms with van der Waals surface area (Å²) in [4.78, 5) is 118. The van der Waals surface area contributed by atoms with E-state index in [0.717, 1.165) is 138 Å². The van der Waals surface area contributed by atoms with Gasteiger partial charge < -0.3 is 52.8 Å². The van der Waals surface area contributed by atoms with Crippen LogP contribution in [0.1, 0.15) is 143 Å². The number of fused-ring (bicyclic) bond motifs is 12. The van der Waals surface area contributed by atoms with E-state index in [0.29, 0.717) is 152 Å². The third kappa shape index (κ3) is 19.7. The summed E-state index contributed by atoms with van der Waals surface area (Å²) in [6.45, 7) is 24.1. The second kappa shape index (κ2) is 45.3. The van der Waals surface area contributed by atoms with Gasteiger partial charge in [-0.25, -0.2) is 0 Å². The van der Waals surface area contributed by atoms with Crippen LogP contribution in [0.2, 0.25) is 0 Å². The van der Waals surface area contributed by atoms with E-state index in [1.54, 1.807) is 45.8 Å². The fraction of sp³-hybridized carbons (Fsp3) is 0.268. The van der Waals surface area contributed by atoms with E-state index < -0.39 is 0 Å². The molecule has 0 bridgehead atoms. The Hall–Kier alpha value is -15.3. The van der Waals surface area contributed by atoms with Crippen molar-refractivity contribution in [1.82, 2.24) is 19.6 Å². The molecule has 0 radical (unpaired) electrons. The van der Waals surface area contributed by atoms with Crippen molar-refractivity contribution in [2.75, 3.05) is 113 Å². The number of para-hydroxylation sites is 1. The van der Waals surface area contributed by atoms with Gasteiger partial charge in [0.2, 0.25) is 5.78 Å². The van der Waals surface area contributed by atoms with Gasteiger partial charge in [-0.1, -0.05) is 236 Å². The van der Waals surface area contributed by atoms with Crippen molar-refractivity contribution in [2.45, 2.75) is 106 Å². The van der Waals surface area contributed by atoms with Crippen LogP contribution in [0, 0.1) is 48.9 Å². The minimum absolute atomic E-state index is 0.0274. The monoisotopic (exact) mass is 1890 g/mol. The fourth-order valence-electron chi connectivity index (χ4n) is 20.1. The van der Waals surface area contributed by atoms with Gasteiger partial charge in [0, 0.05) is 125 Å². The molecule has 0 saturated heterocycles. The van der Waals surface area contributed by atoms with Gasteiger partial charge in [-0.05, 0) is 185 Å². The van der Waals surface area contributed by atoms with Crippen molar-refractivity contribution in [2.24, 2.45) is 0 Å². The SMILES string of the molecule is C#CCCCN(C(=O)C1=C2C(=C(c3ccccc3)C1=O)c1cccc3cccc2c13)C(C)C.C#CCCN(C(=O)C1=C2C(=CC1=O)c1cccc3cccc2c13)C(C)C.C#CCOc1ccccc1C1=C2C(=C(C(=O)N(CCOCCOCCOCCOCCOCCOC)C(C)C)C1=O)c1cccc3cccc2c13.CC#CCN(C(=O)C1=C2C(=C(c3ccccc3)C1=O)c1cccc3cccc2c13)C(C)C. The van der Waals surface area contributed by atoms with Crippen LogP contribution in [0.25, 0.3) is 104 Å². The highest BCUT2D eigenvalue weighted by molar-refractivity contribution is 6.59. The summed E-state index contributed by atoms with van der Waals surface area (Å²) in [6.07, 6.45) is 19.7. The molecule has 0 aromatic heterocycles. The summed E-state index contributed by atoms with van der Waals surface area (Å²) in [5.74, 6) is 12.1. The molecular weight excluding hydrogens is 1770 g/mol. The van der Waals surface area contributed by atoms with Crippen molar-refractivity contribution in [3.05, 3.63) is 320 Å². The first-order chi connectivity index (χ1) is 69.1. The van der Waals surface area contributed by atoms with Gasteiger partial charge in [-0.2, -0.15) is 0 Å². The number of amides is 4. The number of benzene rings is 11. The smallest absolute Gasteiger partial charge is 0.259 e. The van der Waals surface area contributed by atoms with Crippen LogP contribution < -0.4 is 4.74 Å². The highest BCUT2D eigenvalue weighted by Crippen LogP contribution is 2.60. The summed E-state index contributed by atoms with van der Waals surface area (Å²) in [6, 6.07) is 75.0. The molecule has 0 heterocycles. The van der Waals surface area contributed by atoms with E-state index >= 15 is 0 Å². The lowest BCUT2D eigenvalue weighted by atomic mass is 9.94. The second-order valence-corrected chi connectivity index (χ2v) is 36.3. The van der Waals surface area contributed by atoms with Gasteiger partial charge >= 0.3 is 0 Å². The lowest BCUT2D eigenvalue weighted by Crippen LogP contribution is -2.41. The minimum Gasteiger partial charge on any atom is -0.480 e. The molecule has 0 atom stereocenters. The zero-order valence-corrected chi connectivity index (χ0v) is 81.9. The molecule has 0 saturated carbocycles. The topological polar surface area (TPSA) is 214 Å². The van der Waals surface area contributed by atoms with Crippen molar-refractivity contribution < 1.29 is 71.5 Å². The highest BCUT2D eigenvalue weighted by Gasteiger charge is 2.49. The third-order valence-corrected chi connectivity index (χ3v) is 26.5. The quantitative estimate of drug-likeness (QED) is 0.0201. The van der Waals surface area contributed by atoms with Gasteiger partial charge in [0.15, 0.2) is 17.3 Å². The van der Waals surface area contributed by atoms with E-state index in [1.807, 2.05) is 231 Å². The molecule has 0 unspecified atom stereocenters. The number of hydrogen-bond acceptors (Lipinski definition) is 15. The van der Waals surface area contributed by atoms with Crippen LogP contribution in [-0.2, 0) is 66.8 Å². The maximum absolute atomic E-state index is 14.5. The molecule has 19 heteroatoms. The number of allylic oxidation sites excluding steroid dienone is 12. The number of ketones is 4. The maximum Gasteiger partial charge on any atom is 0.259 e. The number of nitrogens with zero attached hydrogens (tertiary/aromatic N) is 4. The molecule has 0 aliphatic heterocycles. The molecule has 11 aromatic rings. The molecule has 0 fully saturated rings. The summed E-state index contributed by atoms with van der Waals surface area (Å²) >= 11 is 0. The number of rotatable bonds is 37. The predicted molar refractivity (Wildman–Crippen MR) is 564 cm³/mol. The number of Topliss-reactive ketones (excluding diaryl/α,β-unsaturated/α-hetero) is 3. The van der Waals surface area contributed by atoms with Crippen LogP contribution in [0.5, 0.6) is 5.75 Å². The van der Waals surface area contributed by atoms with E-state index in [1.165, 1.54) is 0 Å². The molecule has 8 aliphatic rings. The first-order valence-corrected chi connectivity index (χ1v) is 48.5. The maximum atomic E-state index is 14.5. The predicted octanol–water partition coefficient (Wildman–Crippen LogP) is 20.0. The first-order valence-electron chi connectivity index (χ1n) is 48.5. The average Bonchev–Trinajstić information content (AvgIpc) is 1.55. The van der Waals surface area contributed by atoms with E-state index in [2.05, 4.69) is 78.1 Å². The molecule has 0 spiro atoms. The van der Waals surface area contributed by atoms with Gasteiger partial charge in [0.25, 0.3) is 23.6 Å². The number of carbonyl (C=O) groups excluding carboxylic acids is 8. The number of hydrogen-bond donors (Lipinski definition) is 0. The minimum atomic E-state index is -0.330. The number of methoxy groups -OCH3 is 1. The third-order valence-electron chi connectivity index (χ3n) is 26.5. The van der Waals surface area contributed by atoms with E-state index in [4.69, 9.17) is 52.4 Å². The standard InChI is InChI=1S/C41H47NO9.C30H25NO2.C29H23NO2.C23H19NO2/c1-5-17-51-34-15-7-6-12-31(34)38-36-32-13-8-10-30-11-9-14-33(35(30)32)37(36)39(40(38)43)41(44)42(29(2)3)16-18-46-21-22-48-25-26-50-28-27-49-24-23-47-20-19-45-4;1-4-5-9-18-31(19(2)3)30(33)28-27-23-17-11-15-20-14-10-16-22(24(20)23)26(27)25(29(28)32)21-12-7-6-8-13-21;1-4-5-17-30(18(2)3)29(32)27-26-22-16-10-14-19-13-9-15-21(23(19)22)25(26)24(28(27)31)20-11-7-6-8-12-20;1-4-5-12-24(14(2)3)23(26)22-19(25)13-18-16-10-6-8-15-9-7-11-17(20(15)16)21(18)22/h1,6-15,29H,16-28H2,2-4H3;1,6-8,10-17,19H,5,9,18H2,2-3H3;6-16,18H,17H2,1-3H3;1,6-11,13-14H,5,12H2,2-3H3. The number of terminal acetylenes is 3. The lowest BCUT2D eigenvalue weighted by Gasteiger charge is -2.27. The van der Waals surface area contributed by atoms with Crippen molar-refractivity contribution in [3.63, 3.8) is 0 Å². The molecule has 4 amide bonds. The van der Waals surface area contributed by atoms with Gasteiger partial charge in [0.1, 0.15) is 12.4 Å². The second-order valence-electron chi connectivity index (χ2n) is 36.3. The fourth-order valence-corrected chi connectivity index (χ4v) is 20.1. The average molecular weight is 1890 g/mol. The van der Waals surface area contributed by atoms with Crippen molar-refractivity contribution >= 4 is 151 Å². The zero-order valence-electron chi connectivity index (χ0n) is 81.9. The Morgan fingerprint density at radius 3 is 1.05 bits per heavy atom. The van der Waals surface area contributed by atoms with E-state index in [9.17, 15) is 38.4 Å². The molecule has 8 aliphatic carbocycles. The van der Waals surface area contributed by atoms with Crippen LogP contribution in [0.15, 0.2) is 259 Å². The highest BCUT2D eigenvalue weighted by atomic mass is 16.6. The molecule has 142 heavy (non-hydrogen) atoms. The Morgan fingerprint density at radius 2 is 0.648 bits per heavy atom. The molecular formula is C123H114N4O15. The number of unbranched alkanes of at least 4 members (excludes halogenated alkanes) is 1. The molecule has 0 N–H and O–H groups in total. The molecule has 716 valence electrons. The molecule has 19 rings (SSSR count). The van der Waals surface area contributed by atoms with Crippen molar-refractivity contribution in [3.8, 4) is 54.6 Å². The molecule has 11 aromatic carbocycles. The van der Waals surface area contributed by atoms with Crippen LogP contribution >= 0.6 is 0 Å². The van der Waals surface area contributed by atoms with Crippen LogP contribution in [0.3, 0.4) is 0 Å². The largest absolute Gasteiger partial charge is 0.480 e. The summed E-state index contributed by atoms with van der Waals surface area (Å²) in [5.41, 5.74) is 19.1. The van der Waals surface area contributed by atoms with Crippen LogP contribution in [0.4, 0.5) is 0 Å². The lowest BCUT2D eigenvalue weighted by molar-refractivity contribution is -0.132. The van der Waals surface area contributed by atoms with Crippen LogP contribution in [-0.4, -0.2) is 203 Å². The Bertz CT molecular complexity index is 7360. The number of carbonyl (C=O) groups is 8. The van der Waals surface area contributed by atoms with Gasteiger partial charge in [-0.3, -0.25) is 38.4 Å². The van der Waals surface area contributed by atoms with Crippen molar-refractivity contribution in [1.29, 1.82) is 0 Å². The first kappa shape index (κ1) is 99.7. The number of ether oxygens (including phenoxy) is 7. The zero-order chi connectivity index (χ0) is 99.9. The Morgan fingerprint density at radius 1 is 0.317 bits per heavy atom. The summed E-state index contributed by atoms with van der Waals surface area (Å²) < 4.78 is 38.6. The summed E-state index contributed by atoms with van der Waals surface area (Å²) in [7, 11) is 1.64. The Labute approximate surface area is 830 Å². The van der Waals surface area contributed by atoms with Gasteiger partial charge in [-0.15, -0.1) is 37.0 Å². The molecule has 19 nitrogen and oxygen atoms in total.